The third-order valence-corrected chi connectivity index (χ3v) is 5.85. The van der Waals surface area contributed by atoms with Gasteiger partial charge in [-0.15, -0.1) is 0 Å². The molecule has 4 heterocycles. The highest BCUT2D eigenvalue weighted by molar-refractivity contribution is 5.94. The zero-order chi connectivity index (χ0) is 20.4. The molecule has 2 saturated heterocycles. The van der Waals surface area contributed by atoms with Crippen LogP contribution in [0.3, 0.4) is 0 Å². The van der Waals surface area contributed by atoms with Gasteiger partial charge in [-0.25, -0.2) is 4.98 Å². The molecule has 0 aromatic carbocycles. The fourth-order valence-corrected chi connectivity index (χ4v) is 4.18. The van der Waals surface area contributed by atoms with Gasteiger partial charge in [0.05, 0.1) is 11.6 Å². The first-order chi connectivity index (χ1) is 14.0. The van der Waals surface area contributed by atoms with Gasteiger partial charge < -0.3 is 9.80 Å². The van der Waals surface area contributed by atoms with E-state index in [1.54, 1.807) is 12.4 Å². The fourth-order valence-electron chi connectivity index (χ4n) is 4.18. The minimum absolute atomic E-state index is 0.0240. The van der Waals surface area contributed by atoms with Crippen LogP contribution < -0.4 is 4.90 Å². The van der Waals surface area contributed by atoms with Gasteiger partial charge in [0.2, 0.25) is 0 Å². The maximum absolute atomic E-state index is 12.9. The van der Waals surface area contributed by atoms with E-state index in [1.165, 1.54) is 0 Å². The molecule has 154 valence electrons. The molecule has 1 amide bonds. The van der Waals surface area contributed by atoms with Crippen LogP contribution >= 0.6 is 0 Å². The predicted octanol–water partition coefficient (Wildman–Crippen LogP) is 2.81. The lowest BCUT2D eigenvalue weighted by molar-refractivity contribution is -0.124. The van der Waals surface area contributed by atoms with E-state index in [9.17, 15) is 9.59 Å². The summed E-state index contributed by atoms with van der Waals surface area (Å²) in [6.07, 6.45) is 7.81. The summed E-state index contributed by atoms with van der Waals surface area (Å²) in [5.74, 6) is 1.48. The molecular formula is C22H29N5O2. The third-order valence-electron chi connectivity index (χ3n) is 5.85. The van der Waals surface area contributed by atoms with Crippen LogP contribution in [-0.4, -0.2) is 57.5 Å². The number of nitrogens with zero attached hydrogens (tertiary/aromatic N) is 5. The Morgan fingerprint density at radius 2 is 2.03 bits per heavy atom. The van der Waals surface area contributed by atoms with Gasteiger partial charge >= 0.3 is 0 Å². The van der Waals surface area contributed by atoms with E-state index < -0.39 is 0 Å². The van der Waals surface area contributed by atoms with E-state index in [1.807, 2.05) is 34.0 Å². The Morgan fingerprint density at radius 3 is 2.69 bits per heavy atom. The number of hydrogen-bond donors (Lipinski definition) is 0. The molecule has 0 bridgehead atoms. The molecule has 0 spiro atoms. The van der Waals surface area contributed by atoms with Crippen molar-refractivity contribution in [1.82, 2.24) is 19.7 Å². The molecule has 2 aromatic rings. The van der Waals surface area contributed by atoms with Crippen LogP contribution in [0.1, 0.15) is 49.5 Å². The molecule has 7 heteroatoms. The lowest BCUT2D eigenvalue weighted by atomic mass is 9.89. The summed E-state index contributed by atoms with van der Waals surface area (Å²) in [7, 11) is 0. The Labute approximate surface area is 171 Å². The quantitative estimate of drug-likeness (QED) is 0.752. The molecule has 2 fully saturated rings. The number of carbonyl (C=O) groups excluding carboxylic acids is 2. The van der Waals surface area contributed by atoms with Crippen molar-refractivity contribution in [3.05, 3.63) is 42.4 Å². The Balaban J connectivity index is 1.34. The van der Waals surface area contributed by atoms with Gasteiger partial charge in [0.25, 0.3) is 5.91 Å². The average Bonchev–Trinajstić information content (AvgIpc) is 3.21. The van der Waals surface area contributed by atoms with Crippen LogP contribution in [0, 0.1) is 11.8 Å². The molecule has 4 rings (SSSR count). The summed E-state index contributed by atoms with van der Waals surface area (Å²) in [5.41, 5.74) is 0.592. The van der Waals surface area contributed by atoms with Crippen molar-refractivity contribution in [2.75, 3.05) is 31.1 Å². The Kier molecular flexibility index (Phi) is 5.65. The minimum atomic E-state index is -0.0253. The maximum atomic E-state index is 12.9. The summed E-state index contributed by atoms with van der Waals surface area (Å²) in [4.78, 5) is 33.8. The molecule has 2 aromatic heterocycles. The number of piperidine rings is 1. The summed E-state index contributed by atoms with van der Waals surface area (Å²) < 4.78 is 1.97. The van der Waals surface area contributed by atoms with Crippen molar-refractivity contribution in [3.63, 3.8) is 0 Å². The van der Waals surface area contributed by atoms with E-state index >= 15 is 0 Å². The zero-order valence-electron chi connectivity index (χ0n) is 17.2. The molecule has 1 unspecified atom stereocenters. The lowest BCUT2D eigenvalue weighted by Gasteiger charge is -2.40. The van der Waals surface area contributed by atoms with Crippen molar-refractivity contribution in [2.45, 2.75) is 39.2 Å². The standard InChI is InChI=1S/C22H29N5O2/c1-16(2)11-20(28)18-5-3-9-25(13-18)22(29)17-6-7-21(23-12-17)26-14-19(15-26)27-10-4-8-24-27/h4,6-8,10,12,16,18-19H,3,5,9,11,13-15H2,1-2H3. The Morgan fingerprint density at radius 1 is 1.21 bits per heavy atom. The van der Waals surface area contributed by atoms with Gasteiger partial charge in [-0.2, -0.15) is 5.10 Å². The van der Waals surface area contributed by atoms with Gasteiger partial charge in [-0.3, -0.25) is 14.3 Å². The summed E-state index contributed by atoms with van der Waals surface area (Å²) in [6, 6.07) is 6.08. The number of aromatic nitrogens is 3. The molecule has 0 aliphatic carbocycles. The molecule has 29 heavy (non-hydrogen) atoms. The summed E-state index contributed by atoms with van der Waals surface area (Å²) in [6.45, 7) is 7.10. The number of Topliss-reactive ketones (excluding diaryl/α,β-unsaturated/α-hetero) is 1. The molecule has 2 aliphatic heterocycles. The van der Waals surface area contributed by atoms with Crippen LogP contribution in [0.25, 0.3) is 0 Å². The van der Waals surface area contributed by atoms with Gasteiger partial charge in [-0.05, 0) is 37.0 Å². The normalized spacial score (nSPS) is 20.0. The number of pyridine rings is 1. The van der Waals surface area contributed by atoms with Crippen LogP contribution in [0.15, 0.2) is 36.8 Å². The van der Waals surface area contributed by atoms with Crippen molar-refractivity contribution >= 4 is 17.5 Å². The van der Waals surface area contributed by atoms with E-state index in [2.05, 4.69) is 28.8 Å². The second kappa shape index (κ2) is 8.35. The smallest absolute Gasteiger partial charge is 0.255 e. The molecule has 1 atom stereocenters. The Bertz CT molecular complexity index is 841. The highest BCUT2D eigenvalue weighted by atomic mass is 16.2. The average molecular weight is 396 g/mol. The zero-order valence-corrected chi connectivity index (χ0v) is 17.2. The molecule has 0 radical (unpaired) electrons. The number of anilines is 1. The monoisotopic (exact) mass is 395 g/mol. The van der Waals surface area contributed by atoms with Crippen LogP contribution in [0.4, 0.5) is 5.82 Å². The fraction of sp³-hybridized carbons (Fsp3) is 0.545. The second-order valence-corrected chi connectivity index (χ2v) is 8.60. The van der Waals surface area contributed by atoms with Gasteiger partial charge in [0.15, 0.2) is 0 Å². The van der Waals surface area contributed by atoms with Crippen LogP contribution in [-0.2, 0) is 4.79 Å². The van der Waals surface area contributed by atoms with Crippen molar-refractivity contribution in [3.8, 4) is 0 Å². The third kappa shape index (κ3) is 4.33. The van der Waals surface area contributed by atoms with E-state index in [-0.39, 0.29) is 17.6 Å². The SMILES string of the molecule is CC(C)CC(=O)C1CCCN(C(=O)c2ccc(N3CC(n4cccn4)C3)nc2)C1. The van der Waals surface area contributed by atoms with E-state index in [0.29, 0.717) is 37.0 Å². The highest BCUT2D eigenvalue weighted by Gasteiger charge is 2.31. The number of amides is 1. The summed E-state index contributed by atoms with van der Waals surface area (Å²) in [5, 5.41) is 4.28. The first kappa shape index (κ1) is 19.6. The largest absolute Gasteiger partial charge is 0.352 e. The molecule has 2 aliphatic rings. The van der Waals surface area contributed by atoms with Gasteiger partial charge in [0, 0.05) is 57.1 Å². The summed E-state index contributed by atoms with van der Waals surface area (Å²) >= 11 is 0. The molecule has 0 saturated carbocycles. The number of hydrogen-bond acceptors (Lipinski definition) is 5. The number of likely N-dealkylation sites (tertiary alicyclic amines) is 1. The van der Waals surface area contributed by atoms with Crippen LogP contribution in [0.2, 0.25) is 0 Å². The lowest BCUT2D eigenvalue weighted by Crippen LogP contribution is -2.48. The minimum Gasteiger partial charge on any atom is -0.352 e. The molecular weight excluding hydrogens is 366 g/mol. The first-order valence-electron chi connectivity index (χ1n) is 10.5. The highest BCUT2D eigenvalue weighted by Crippen LogP contribution is 2.26. The van der Waals surface area contributed by atoms with Crippen molar-refractivity contribution < 1.29 is 9.59 Å². The predicted molar refractivity (Wildman–Crippen MR) is 111 cm³/mol. The van der Waals surface area contributed by atoms with Crippen LogP contribution in [0.5, 0.6) is 0 Å². The maximum Gasteiger partial charge on any atom is 0.255 e. The topological polar surface area (TPSA) is 71.3 Å². The Hall–Kier alpha value is -2.70. The second-order valence-electron chi connectivity index (χ2n) is 8.60. The van der Waals surface area contributed by atoms with E-state index in [4.69, 9.17) is 0 Å². The van der Waals surface area contributed by atoms with Gasteiger partial charge in [-0.1, -0.05) is 13.8 Å². The molecule has 0 N–H and O–H groups in total. The van der Waals surface area contributed by atoms with E-state index in [0.717, 1.165) is 31.7 Å². The number of rotatable bonds is 6. The number of carbonyl (C=O) groups is 2. The van der Waals surface area contributed by atoms with Crippen molar-refractivity contribution in [2.24, 2.45) is 11.8 Å². The molecule has 7 nitrogen and oxygen atoms in total. The van der Waals surface area contributed by atoms with Crippen molar-refractivity contribution in [1.29, 1.82) is 0 Å². The number of ketones is 1. The van der Waals surface area contributed by atoms with Gasteiger partial charge in [0.1, 0.15) is 11.6 Å². The first-order valence-corrected chi connectivity index (χ1v) is 10.5.